The molecule has 1 aliphatic heterocycles. The molecule has 0 aromatic rings. The van der Waals surface area contributed by atoms with Gasteiger partial charge in [0.05, 0.1) is 0 Å². The molecule has 1 heterocycles. The van der Waals surface area contributed by atoms with Gasteiger partial charge in [0.1, 0.15) is 0 Å². The second-order valence-corrected chi connectivity index (χ2v) is 6.82. The van der Waals surface area contributed by atoms with E-state index in [1.165, 1.54) is 64.2 Å². The third kappa shape index (κ3) is 12.2. The number of methoxy groups -OCH3 is 1. The van der Waals surface area contributed by atoms with E-state index in [-0.39, 0.29) is 0 Å². The zero-order chi connectivity index (χ0) is 15.9. The van der Waals surface area contributed by atoms with Crippen molar-refractivity contribution in [3.63, 3.8) is 0 Å². The van der Waals surface area contributed by atoms with Gasteiger partial charge in [-0.05, 0) is 38.5 Å². The predicted molar refractivity (Wildman–Crippen MR) is 94.9 cm³/mol. The van der Waals surface area contributed by atoms with Crippen molar-refractivity contribution in [3.8, 4) is 0 Å². The van der Waals surface area contributed by atoms with Crippen LogP contribution in [0.2, 0.25) is 0 Å². The highest BCUT2D eigenvalue weighted by atomic mass is 16.5. The Kier molecular flexibility index (Phi) is 14.8. The first kappa shape index (κ1) is 20.9. The highest BCUT2D eigenvalue weighted by Crippen LogP contribution is 2.22. The fourth-order valence-corrected chi connectivity index (χ4v) is 2.91. The number of unbranched alkanes of at least 4 members (excludes halogenated alkanes) is 5. The highest BCUT2D eigenvalue weighted by Gasteiger charge is 2.22. The zero-order valence-electron chi connectivity index (χ0n) is 15.4. The minimum absolute atomic E-state index is 0.720. The fraction of sp³-hybridized carbons (Fsp3) is 1.00. The monoisotopic (exact) mass is 299 g/mol. The van der Waals surface area contributed by atoms with Gasteiger partial charge in [0.2, 0.25) is 0 Å². The zero-order valence-corrected chi connectivity index (χ0v) is 15.4. The van der Waals surface area contributed by atoms with Gasteiger partial charge >= 0.3 is 0 Å². The van der Waals surface area contributed by atoms with Crippen LogP contribution in [0.1, 0.15) is 91.9 Å². The van der Waals surface area contributed by atoms with E-state index >= 15 is 0 Å². The summed E-state index contributed by atoms with van der Waals surface area (Å²) in [5, 5.41) is 3.77. The lowest BCUT2D eigenvalue weighted by molar-refractivity contribution is 0.192. The highest BCUT2D eigenvalue weighted by molar-refractivity contribution is 4.81. The third-order valence-electron chi connectivity index (χ3n) is 4.47. The average molecular weight is 300 g/mol. The molecule has 0 amide bonds. The third-order valence-corrected chi connectivity index (χ3v) is 4.47. The Morgan fingerprint density at radius 3 is 2.05 bits per heavy atom. The summed E-state index contributed by atoms with van der Waals surface area (Å²) in [6, 6.07) is 1.52. The van der Waals surface area contributed by atoms with Crippen LogP contribution in [-0.2, 0) is 4.74 Å². The summed E-state index contributed by atoms with van der Waals surface area (Å²) in [5.74, 6) is 0.863. The molecule has 1 rings (SSSR count). The van der Waals surface area contributed by atoms with Gasteiger partial charge in [-0.1, -0.05) is 59.3 Å². The van der Waals surface area contributed by atoms with E-state index in [2.05, 4.69) is 33.0 Å². The lowest BCUT2D eigenvalue weighted by Gasteiger charge is -2.33. The van der Waals surface area contributed by atoms with Crippen LogP contribution >= 0.6 is 0 Å². The molecule has 0 aromatic heterocycles. The minimum Gasteiger partial charge on any atom is -0.385 e. The Hall–Kier alpha value is -0.0800. The summed E-state index contributed by atoms with van der Waals surface area (Å²) in [4.78, 5) is 0. The van der Waals surface area contributed by atoms with Gasteiger partial charge in [-0.25, -0.2) is 0 Å². The maximum Gasteiger partial charge on any atom is 0.0462 e. The first-order valence-electron chi connectivity index (χ1n) is 9.40. The van der Waals surface area contributed by atoms with E-state index in [4.69, 9.17) is 4.74 Å². The van der Waals surface area contributed by atoms with Crippen molar-refractivity contribution in [1.29, 1.82) is 0 Å². The summed E-state index contributed by atoms with van der Waals surface area (Å²) in [6.45, 7) is 9.89. The van der Waals surface area contributed by atoms with E-state index in [1.807, 2.05) is 0 Å². The molecule has 0 aromatic carbocycles. The predicted octanol–water partition coefficient (Wildman–Crippen LogP) is 5.56. The summed E-state index contributed by atoms with van der Waals surface area (Å²) >= 11 is 0. The van der Waals surface area contributed by atoms with Gasteiger partial charge in [-0.2, -0.15) is 0 Å². The van der Waals surface area contributed by atoms with Gasteiger partial charge in [0.15, 0.2) is 0 Å². The Balaban J connectivity index is 0.00000122. The number of piperidine rings is 1. The SMILES string of the molecule is CCC.COCCCCCCCC[C@@H]1CCC(C)[C@H](C)N1. The van der Waals surface area contributed by atoms with Crippen LogP contribution in [0.15, 0.2) is 0 Å². The van der Waals surface area contributed by atoms with Crippen molar-refractivity contribution < 1.29 is 4.74 Å². The number of ether oxygens (including phenoxy) is 1. The lowest BCUT2D eigenvalue weighted by Crippen LogP contribution is -2.44. The standard InChI is InChI=1S/C16H33NO.C3H8/c1-14-11-12-16(17-15(14)2)10-8-6-4-5-7-9-13-18-3;1-3-2/h14-17H,4-13H2,1-3H3;3H2,1-2H3/t14?,15-,16+;/m0./s1. The fourth-order valence-electron chi connectivity index (χ4n) is 2.91. The molecule has 21 heavy (non-hydrogen) atoms. The summed E-state index contributed by atoms with van der Waals surface area (Å²) < 4.78 is 5.06. The van der Waals surface area contributed by atoms with Crippen LogP contribution in [0, 0.1) is 5.92 Å². The van der Waals surface area contributed by atoms with Crippen LogP contribution in [0.4, 0.5) is 0 Å². The Morgan fingerprint density at radius 1 is 0.905 bits per heavy atom. The van der Waals surface area contributed by atoms with E-state index in [0.29, 0.717) is 0 Å². The van der Waals surface area contributed by atoms with Gasteiger partial charge in [0.25, 0.3) is 0 Å². The molecule has 1 N–H and O–H groups in total. The van der Waals surface area contributed by atoms with E-state index in [1.54, 1.807) is 7.11 Å². The number of hydrogen-bond acceptors (Lipinski definition) is 2. The van der Waals surface area contributed by atoms with Crippen LogP contribution in [0.25, 0.3) is 0 Å². The van der Waals surface area contributed by atoms with E-state index in [0.717, 1.165) is 24.6 Å². The Bertz CT molecular complexity index is 208. The maximum atomic E-state index is 5.06. The van der Waals surface area contributed by atoms with Gasteiger partial charge in [0, 0.05) is 25.8 Å². The number of hydrogen-bond donors (Lipinski definition) is 1. The number of nitrogens with one attached hydrogen (secondary N) is 1. The second kappa shape index (κ2) is 14.8. The quantitative estimate of drug-likeness (QED) is 0.563. The van der Waals surface area contributed by atoms with Crippen LogP contribution < -0.4 is 5.32 Å². The van der Waals surface area contributed by atoms with Crippen LogP contribution in [0.3, 0.4) is 0 Å². The summed E-state index contributed by atoms with van der Waals surface area (Å²) in [7, 11) is 1.79. The molecule has 3 atom stereocenters. The average Bonchev–Trinajstić information content (AvgIpc) is 2.46. The normalized spacial score (nSPS) is 25.3. The molecule has 1 saturated heterocycles. The molecule has 0 spiro atoms. The van der Waals surface area contributed by atoms with Crippen molar-refractivity contribution in [2.45, 2.75) is 104 Å². The van der Waals surface area contributed by atoms with Crippen molar-refractivity contribution in [2.24, 2.45) is 5.92 Å². The molecule has 128 valence electrons. The van der Waals surface area contributed by atoms with Gasteiger partial charge in [-0.15, -0.1) is 0 Å². The summed E-state index contributed by atoms with van der Waals surface area (Å²) in [6.07, 6.45) is 13.6. The largest absolute Gasteiger partial charge is 0.385 e. The molecule has 0 aliphatic carbocycles. The molecule has 1 aliphatic rings. The minimum atomic E-state index is 0.720. The van der Waals surface area contributed by atoms with Gasteiger partial charge in [-0.3, -0.25) is 0 Å². The Labute approximate surface area is 134 Å². The van der Waals surface area contributed by atoms with Crippen molar-refractivity contribution in [3.05, 3.63) is 0 Å². The molecular formula is C19H41NO. The molecule has 0 bridgehead atoms. The molecule has 1 unspecified atom stereocenters. The molecule has 1 fully saturated rings. The smallest absolute Gasteiger partial charge is 0.0462 e. The summed E-state index contributed by atoms with van der Waals surface area (Å²) in [5.41, 5.74) is 0. The number of rotatable bonds is 9. The second-order valence-electron chi connectivity index (χ2n) is 6.82. The Morgan fingerprint density at radius 2 is 1.48 bits per heavy atom. The molecule has 0 radical (unpaired) electrons. The topological polar surface area (TPSA) is 21.3 Å². The van der Waals surface area contributed by atoms with E-state index in [9.17, 15) is 0 Å². The molecule has 2 heteroatoms. The van der Waals surface area contributed by atoms with Crippen molar-refractivity contribution in [2.75, 3.05) is 13.7 Å². The van der Waals surface area contributed by atoms with Crippen LogP contribution in [-0.4, -0.2) is 25.8 Å². The molecule has 0 saturated carbocycles. The first-order valence-corrected chi connectivity index (χ1v) is 9.40. The van der Waals surface area contributed by atoms with Crippen molar-refractivity contribution >= 4 is 0 Å². The first-order chi connectivity index (χ1) is 10.2. The molecule has 2 nitrogen and oxygen atoms in total. The maximum absolute atomic E-state index is 5.06. The van der Waals surface area contributed by atoms with E-state index < -0.39 is 0 Å². The van der Waals surface area contributed by atoms with Crippen LogP contribution in [0.5, 0.6) is 0 Å². The molecular weight excluding hydrogens is 258 g/mol. The lowest BCUT2D eigenvalue weighted by atomic mass is 9.88. The van der Waals surface area contributed by atoms with Gasteiger partial charge < -0.3 is 10.1 Å². The van der Waals surface area contributed by atoms with Crippen molar-refractivity contribution in [1.82, 2.24) is 5.32 Å².